The minimum Gasteiger partial charge on any atom is -0.436 e. The molecule has 0 aliphatic carbocycles. The van der Waals surface area contributed by atoms with Gasteiger partial charge >= 0.3 is 5.97 Å². The molecule has 0 heterocycles. The maximum absolute atomic E-state index is 11.1. The van der Waals surface area contributed by atoms with Crippen molar-refractivity contribution < 1.29 is 14.3 Å². The number of ether oxygens (including phenoxy) is 2. The number of carbonyl (C=O) groups excluding carboxylic acids is 1. The Labute approximate surface area is 90.5 Å². The molecule has 4 heteroatoms. The quantitative estimate of drug-likeness (QED) is 0.357. The first-order chi connectivity index (χ1) is 6.70. The van der Waals surface area contributed by atoms with Crippen LogP contribution in [0.25, 0.3) is 0 Å². The molecule has 0 aliphatic rings. The molecule has 1 unspecified atom stereocenters. The smallest absolute Gasteiger partial charge is 0.308 e. The molecular weight excluding hydrogens is 200 g/mol. The average Bonchev–Trinajstić information content (AvgIpc) is 2.15. The van der Waals surface area contributed by atoms with Crippen LogP contribution in [0.5, 0.6) is 0 Å². The fourth-order valence-electron chi connectivity index (χ4n) is 0.857. The standard InChI is InChI=1S/C10H20O3S/c1-4-5-7-12-9(2)13-10(11)6-8-14-3/h9H,4-8H2,1-3H3. The SMILES string of the molecule is CCCCOC(C)OC(=O)CCSC. The van der Waals surface area contributed by atoms with Gasteiger partial charge in [0.2, 0.25) is 0 Å². The van der Waals surface area contributed by atoms with Crippen molar-refractivity contribution in [2.75, 3.05) is 18.6 Å². The Hall–Kier alpha value is -0.220. The molecule has 0 bridgehead atoms. The normalized spacial score (nSPS) is 12.5. The number of unbranched alkanes of at least 4 members (excludes halogenated alkanes) is 1. The van der Waals surface area contributed by atoms with Gasteiger partial charge in [-0.25, -0.2) is 0 Å². The van der Waals surface area contributed by atoms with Gasteiger partial charge in [-0.15, -0.1) is 0 Å². The zero-order valence-electron chi connectivity index (χ0n) is 9.25. The Morgan fingerprint density at radius 3 is 2.79 bits per heavy atom. The van der Waals surface area contributed by atoms with Gasteiger partial charge in [0.15, 0.2) is 6.29 Å². The summed E-state index contributed by atoms with van der Waals surface area (Å²) in [6.07, 6.45) is 4.12. The highest BCUT2D eigenvalue weighted by Gasteiger charge is 2.08. The first-order valence-electron chi connectivity index (χ1n) is 5.00. The zero-order valence-corrected chi connectivity index (χ0v) is 10.1. The predicted molar refractivity (Wildman–Crippen MR) is 59.4 cm³/mol. The molecule has 0 rings (SSSR count). The Kier molecular flexibility index (Phi) is 9.19. The molecule has 14 heavy (non-hydrogen) atoms. The predicted octanol–water partition coefficient (Wildman–Crippen LogP) is 2.45. The van der Waals surface area contributed by atoms with Crippen molar-refractivity contribution in [2.45, 2.75) is 39.4 Å². The lowest BCUT2D eigenvalue weighted by atomic mass is 10.4. The number of hydrogen-bond donors (Lipinski definition) is 0. The van der Waals surface area contributed by atoms with E-state index in [4.69, 9.17) is 9.47 Å². The van der Waals surface area contributed by atoms with Crippen molar-refractivity contribution >= 4 is 17.7 Å². The van der Waals surface area contributed by atoms with Crippen molar-refractivity contribution in [3.05, 3.63) is 0 Å². The molecule has 0 fully saturated rings. The van der Waals surface area contributed by atoms with Crippen LogP contribution in [-0.2, 0) is 14.3 Å². The van der Waals surface area contributed by atoms with Crippen LogP contribution in [0, 0.1) is 0 Å². The highest BCUT2D eigenvalue weighted by Crippen LogP contribution is 2.02. The molecule has 3 nitrogen and oxygen atoms in total. The largest absolute Gasteiger partial charge is 0.436 e. The van der Waals surface area contributed by atoms with E-state index in [0.717, 1.165) is 18.6 Å². The summed E-state index contributed by atoms with van der Waals surface area (Å²) in [5.74, 6) is 0.629. The minimum atomic E-state index is -0.407. The van der Waals surface area contributed by atoms with E-state index in [2.05, 4.69) is 6.92 Å². The highest BCUT2D eigenvalue weighted by molar-refractivity contribution is 7.98. The van der Waals surface area contributed by atoms with Gasteiger partial charge in [-0.3, -0.25) is 4.79 Å². The average molecular weight is 220 g/mol. The van der Waals surface area contributed by atoms with Gasteiger partial charge < -0.3 is 9.47 Å². The fraction of sp³-hybridized carbons (Fsp3) is 0.900. The second-order valence-corrected chi connectivity index (χ2v) is 4.01. The summed E-state index contributed by atoms with van der Waals surface area (Å²) in [4.78, 5) is 11.1. The minimum absolute atomic E-state index is 0.177. The Balaban J connectivity index is 3.40. The van der Waals surface area contributed by atoms with Gasteiger partial charge in [-0.05, 0) is 19.6 Å². The van der Waals surface area contributed by atoms with Crippen molar-refractivity contribution in [2.24, 2.45) is 0 Å². The number of esters is 1. The van der Waals surface area contributed by atoms with Crippen LogP contribution in [0.15, 0.2) is 0 Å². The van der Waals surface area contributed by atoms with Crippen LogP contribution in [0.1, 0.15) is 33.1 Å². The van der Waals surface area contributed by atoms with Crippen LogP contribution in [0.4, 0.5) is 0 Å². The number of rotatable bonds is 8. The summed E-state index contributed by atoms with van der Waals surface area (Å²) in [7, 11) is 0. The number of hydrogen-bond acceptors (Lipinski definition) is 4. The van der Waals surface area contributed by atoms with Gasteiger partial charge in [0, 0.05) is 5.75 Å². The summed E-state index contributed by atoms with van der Waals surface area (Å²) < 4.78 is 10.3. The molecule has 0 aliphatic heterocycles. The maximum Gasteiger partial charge on any atom is 0.308 e. The topological polar surface area (TPSA) is 35.5 Å². The van der Waals surface area contributed by atoms with Crippen LogP contribution in [-0.4, -0.2) is 30.9 Å². The van der Waals surface area contributed by atoms with E-state index in [9.17, 15) is 4.79 Å². The maximum atomic E-state index is 11.1. The van der Waals surface area contributed by atoms with E-state index in [-0.39, 0.29) is 5.97 Å². The molecule has 0 amide bonds. The van der Waals surface area contributed by atoms with E-state index in [1.807, 2.05) is 6.26 Å². The van der Waals surface area contributed by atoms with Crippen LogP contribution >= 0.6 is 11.8 Å². The molecule has 0 aromatic carbocycles. The number of carbonyl (C=O) groups is 1. The monoisotopic (exact) mass is 220 g/mol. The lowest BCUT2D eigenvalue weighted by Crippen LogP contribution is -2.18. The molecule has 0 spiro atoms. The summed E-state index contributed by atoms with van der Waals surface area (Å²) >= 11 is 1.64. The van der Waals surface area contributed by atoms with Gasteiger partial charge in [0.25, 0.3) is 0 Å². The Bertz CT molecular complexity index is 150. The van der Waals surface area contributed by atoms with E-state index in [0.29, 0.717) is 13.0 Å². The second-order valence-electron chi connectivity index (χ2n) is 3.02. The third-order valence-electron chi connectivity index (χ3n) is 1.66. The summed E-state index contributed by atoms with van der Waals surface area (Å²) in [6, 6.07) is 0. The van der Waals surface area contributed by atoms with E-state index in [1.165, 1.54) is 0 Å². The molecule has 0 radical (unpaired) electrons. The summed E-state index contributed by atoms with van der Waals surface area (Å²) in [5.41, 5.74) is 0. The molecule has 0 saturated heterocycles. The summed E-state index contributed by atoms with van der Waals surface area (Å²) in [6.45, 7) is 4.51. The summed E-state index contributed by atoms with van der Waals surface area (Å²) in [5, 5.41) is 0. The van der Waals surface area contributed by atoms with E-state index >= 15 is 0 Å². The molecule has 84 valence electrons. The van der Waals surface area contributed by atoms with E-state index in [1.54, 1.807) is 18.7 Å². The van der Waals surface area contributed by atoms with Crippen molar-refractivity contribution in [1.82, 2.24) is 0 Å². The first-order valence-corrected chi connectivity index (χ1v) is 6.40. The molecule has 0 saturated carbocycles. The second kappa shape index (κ2) is 9.34. The van der Waals surface area contributed by atoms with E-state index < -0.39 is 6.29 Å². The fourth-order valence-corrected chi connectivity index (χ4v) is 1.23. The van der Waals surface area contributed by atoms with Crippen molar-refractivity contribution in [1.29, 1.82) is 0 Å². The lowest BCUT2D eigenvalue weighted by molar-refractivity contribution is -0.174. The van der Waals surface area contributed by atoms with Crippen LogP contribution in [0.2, 0.25) is 0 Å². The molecule has 0 N–H and O–H groups in total. The zero-order chi connectivity index (χ0) is 10.8. The Morgan fingerprint density at radius 2 is 2.21 bits per heavy atom. The molecule has 0 aromatic heterocycles. The van der Waals surface area contributed by atoms with Gasteiger partial charge in [-0.2, -0.15) is 11.8 Å². The van der Waals surface area contributed by atoms with Crippen LogP contribution < -0.4 is 0 Å². The third-order valence-corrected chi connectivity index (χ3v) is 2.27. The first kappa shape index (κ1) is 13.8. The van der Waals surface area contributed by atoms with Gasteiger partial charge in [-0.1, -0.05) is 13.3 Å². The van der Waals surface area contributed by atoms with Crippen molar-refractivity contribution in [3.63, 3.8) is 0 Å². The molecule has 0 aromatic rings. The van der Waals surface area contributed by atoms with Gasteiger partial charge in [0.05, 0.1) is 13.0 Å². The third kappa shape index (κ3) is 8.38. The highest BCUT2D eigenvalue weighted by atomic mass is 32.2. The Morgan fingerprint density at radius 1 is 1.50 bits per heavy atom. The molecule has 1 atom stereocenters. The van der Waals surface area contributed by atoms with Gasteiger partial charge in [0.1, 0.15) is 0 Å². The number of thioether (sulfide) groups is 1. The lowest BCUT2D eigenvalue weighted by Gasteiger charge is -2.13. The van der Waals surface area contributed by atoms with Crippen LogP contribution in [0.3, 0.4) is 0 Å². The molecular formula is C10H20O3S. The van der Waals surface area contributed by atoms with Crippen molar-refractivity contribution in [3.8, 4) is 0 Å².